The maximum atomic E-state index is 14.8. The number of hydrogen-bond donors (Lipinski definition) is 3. The summed E-state index contributed by atoms with van der Waals surface area (Å²) < 4.78 is 47.6. The van der Waals surface area contributed by atoms with Crippen molar-refractivity contribution in [2.75, 3.05) is 13.7 Å². The third-order valence-electron chi connectivity index (χ3n) is 12.1. The molecule has 4 amide bonds. The van der Waals surface area contributed by atoms with Crippen LogP contribution in [0.3, 0.4) is 0 Å². The van der Waals surface area contributed by atoms with Gasteiger partial charge in [0, 0.05) is 42.1 Å². The fourth-order valence-corrected chi connectivity index (χ4v) is 9.32. The predicted octanol–water partition coefficient (Wildman–Crippen LogP) is 3.92. The van der Waals surface area contributed by atoms with Crippen molar-refractivity contribution < 1.29 is 41.8 Å². The van der Waals surface area contributed by atoms with Crippen LogP contribution in [0.25, 0.3) is 10.9 Å². The van der Waals surface area contributed by atoms with Gasteiger partial charge in [-0.15, -0.1) is 0 Å². The fraction of sp³-hybridized carbons (Fsp3) is 0.571. The smallest absolute Gasteiger partial charge is 0.272 e. The Labute approximate surface area is 344 Å². The largest absolute Gasteiger partial charge is 0.496 e. The maximum absolute atomic E-state index is 14.8. The van der Waals surface area contributed by atoms with Crippen molar-refractivity contribution in [3.63, 3.8) is 0 Å². The number of ether oxygens (including phenoxy) is 3. The van der Waals surface area contributed by atoms with Gasteiger partial charge in [0.05, 0.1) is 30.0 Å². The van der Waals surface area contributed by atoms with Crippen LogP contribution in [0.2, 0.25) is 0 Å². The second kappa shape index (κ2) is 16.1. The molecule has 5 atom stereocenters. The van der Waals surface area contributed by atoms with Gasteiger partial charge in [0.2, 0.25) is 27.7 Å². The molecule has 59 heavy (non-hydrogen) atoms. The lowest BCUT2D eigenvalue weighted by Crippen LogP contribution is -2.58. The summed E-state index contributed by atoms with van der Waals surface area (Å²) in [6, 6.07) is 4.84. The summed E-state index contributed by atoms with van der Waals surface area (Å²) in [5.74, 6) is -1.50. The summed E-state index contributed by atoms with van der Waals surface area (Å²) in [6.45, 7) is 9.04. The van der Waals surface area contributed by atoms with E-state index in [9.17, 15) is 27.6 Å². The van der Waals surface area contributed by atoms with Crippen molar-refractivity contribution in [3.05, 3.63) is 53.4 Å². The third kappa shape index (κ3) is 8.48. The van der Waals surface area contributed by atoms with Crippen molar-refractivity contribution >= 4 is 44.6 Å². The fourth-order valence-electron chi connectivity index (χ4n) is 8.01. The van der Waals surface area contributed by atoms with Crippen molar-refractivity contribution in [1.29, 1.82) is 0 Å². The second-order valence-corrected chi connectivity index (χ2v) is 19.1. The molecule has 0 radical (unpaired) electrons. The van der Waals surface area contributed by atoms with E-state index in [0.717, 1.165) is 24.1 Å². The third-order valence-corrected chi connectivity index (χ3v) is 14.3. The van der Waals surface area contributed by atoms with Crippen LogP contribution in [0.4, 0.5) is 0 Å². The molecule has 1 unspecified atom stereocenters. The van der Waals surface area contributed by atoms with Gasteiger partial charge >= 0.3 is 0 Å². The van der Waals surface area contributed by atoms with E-state index >= 15 is 0 Å². The molecule has 4 heterocycles. The number of fused-ring (bicyclic) bond motifs is 3. The zero-order valence-corrected chi connectivity index (χ0v) is 35.6. The lowest BCUT2D eigenvalue weighted by molar-refractivity contribution is -0.141. The minimum atomic E-state index is -4.01. The zero-order chi connectivity index (χ0) is 42.4. The highest BCUT2D eigenvalue weighted by molar-refractivity contribution is 7.91. The Morgan fingerprint density at radius 3 is 2.51 bits per heavy atom. The Morgan fingerprint density at radius 1 is 1.07 bits per heavy atom. The number of allylic oxidation sites excluding steroid dienone is 1. The van der Waals surface area contributed by atoms with Gasteiger partial charge in [-0.3, -0.25) is 28.6 Å². The van der Waals surface area contributed by atoms with Gasteiger partial charge in [0.25, 0.3) is 11.8 Å². The van der Waals surface area contributed by atoms with Gasteiger partial charge in [0.1, 0.15) is 40.9 Å². The summed E-state index contributed by atoms with van der Waals surface area (Å²) in [5, 5.41) is 10.8. The second-order valence-electron chi connectivity index (χ2n) is 16.9. The summed E-state index contributed by atoms with van der Waals surface area (Å²) in [5.41, 5.74) is 0.763. The number of pyridine rings is 1. The van der Waals surface area contributed by atoms with Gasteiger partial charge in [-0.1, -0.05) is 25.0 Å². The van der Waals surface area contributed by atoms with Crippen molar-refractivity contribution in [1.82, 2.24) is 35.0 Å². The van der Waals surface area contributed by atoms with Crippen LogP contribution in [-0.4, -0.2) is 99.9 Å². The minimum Gasteiger partial charge on any atom is -0.496 e. The van der Waals surface area contributed by atoms with Crippen molar-refractivity contribution in [2.24, 2.45) is 13.0 Å². The van der Waals surface area contributed by atoms with Crippen LogP contribution in [0, 0.1) is 19.8 Å². The lowest BCUT2D eigenvalue weighted by atomic mass is 10.0. The molecular formula is C42H55N7O9S. The summed E-state index contributed by atoms with van der Waals surface area (Å²) in [7, 11) is -0.705. The normalized spacial score (nSPS) is 26.1. The number of carbonyl (C=O) groups excluding carboxylic acids is 4. The number of nitrogens with zero attached hydrogens (tertiary/aromatic N) is 4. The van der Waals surface area contributed by atoms with Crippen LogP contribution in [0.5, 0.6) is 17.4 Å². The first-order chi connectivity index (χ1) is 27.9. The van der Waals surface area contributed by atoms with E-state index in [1.165, 1.54) is 4.90 Å². The summed E-state index contributed by atoms with van der Waals surface area (Å²) in [4.78, 5) is 63.1. The summed E-state index contributed by atoms with van der Waals surface area (Å²) in [6.07, 6.45) is 7.16. The Morgan fingerprint density at radius 2 is 1.83 bits per heavy atom. The molecule has 4 aliphatic rings. The number of aromatic nitrogens is 3. The molecule has 318 valence electrons. The number of rotatable bonds is 10. The Kier molecular flexibility index (Phi) is 11.5. The number of sulfonamides is 1. The number of benzene rings is 1. The van der Waals surface area contributed by atoms with Gasteiger partial charge < -0.3 is 29.7 Å². The summed E-state index contributed by atoms with van der Waals surface area (Å²) >= 11 is 0. The molecule has 1 aromatic carbocycles. The van der Waals surface area contributed by atoms with Crippen LogP contribution < -0.4 is 29.6 Å². The van der Waals surface area contributed by atoms with Gasteiger partial charge in [-0.05, 0) is 91.3 Å². The SMILES string of the molecule is COc1ccc2c(O[C@@H]3C[C@H]4C(=O)N[C@]5(C(=O)NS(=O)(=O)C6(C)CC6)CC5/C=C\CCCCC[C@H](NC(=O)c5cc(C)n(C)n5)C(=O)N4C3)cc(OC(C)C)nc2c1C. The topological polar surface area (TPSA) is 200 Å². The first kappa shape index (κ1) is 42.0. The van der Waals surface area contributed by atoms with Crippen molar-refractivity contribution in [2.45, 2.75) is 127 Å². The first-order valence-corrected chi connectivity index (χ1v) is 21.9. The molecule has 0 spiro atoms. The molecule has 2 aromatic heterocycles. The first-order valence-electron chi connectivity index (χ1n) is 20.4. The monoisotopic (exact) mass is 833 g/mol. The Balaban J connectivity index is 1.24. The molecule has 3 N–H and O–H groups in total. The van der Waals surface area contributed by atoms with E-state index in [1.807, 2.05) is 52.0 Å². The van der Waals surface area contributed by atoms with Gasteiger partial charge in [-0.2, -0.15) is 5.10 Å². The maximum Gasteiger partial charge on any atom is 0.272 e. The van der Waals surface area contributed by atoms with Crippen LogP contribution in [0.15, 0.2) is 36.4 Å². The number of amides is 4. The van der Waals surface area contributed by atoms with E-state index in [4.69, 9.17) is 19.2 Å². The van der Waals surface area contributed by atoms with E-state index in [2.05, 4.69) is 20.5 Å². The van der Waals surface area contributed by atoms with Crippen LogP contribution in [-0.2, 0) is 31.5 Å². The number of methoxy groups -OCH3 is 1. The highest BCUT2D eigenvalue weighted by Crippen LogP contribution is 2.47. The van der Waals surface area contributed by atoms with Crippen LogP contribution in [0.1, 0.15) is 100 Å². The number of hydrogen-bond acceptors (Lipinski definition) is 11. The van der Waals surface area contributed by atoms with Crippen molar-refractivity contribution in [3.8, 4) is 17.4 Å². The lowest BCUT2D eigenvalue weighted by Gasteiger charge is -2.30. The zero-order valence-electron chi connectivity index (χ0n) is 34.8. The Hall–Kier alpha value is -5.19. The van der Waals surface area contributed by atoms with Crippen LogP contribution >= 0.6 is 0 Å². The highest BCUT2D eigenvalue weighted by Gasteiger charge is 2.63. The number of nitrogens with one attached hydrogen (secondary N) is 3. The molecule has 2 saturated carbocycles. The molecule has 3 aromatic rings. The quantitative estimate of drug-likeness (QED) is 0.250. The number of carbonyl (C=O) groups is 4. The van der Waals surface area contributed by atoms with E-state index in [1.54, 1.807) is 37.9 Å². The van der Waals surface area contributed by atoms with E-state index < -0.39 is 68.0 Å². The molecular weight excluding hydrogens is 779 g/mol. The molecule has 7 rings (SSSR count). The molecule has 3 fully saturated rings. The average molecular weight is 834 g/mol. The molecule has 1 saturated heterocycles. The van der Waals surface area contributed by atoms with Gasteiger partial charge in [-0.25, -0.2) is 13.4 Å². The average Bonchev–Trinajstić information content (AvgIpc) is 4.01. The standard InChI is InChI=1S/C42H55N7O9S/c1-24(2)57-35-21-34(29-15-16-33(56-7)26(4)36(29)44-35)58-28-20-32-38(51)45-42(40(53)47-59(54,55)41(5)17-18-41)22-27(42)13-11-9-8-10-12-14-30(39(52)49(32)23-28)43-37(50)31-19-25(3)48(6)46-31/h11,13,15-16,19,21,24,27-28,30,32H,8-10,12,14,17-18,20,22-23H2,1-7H3,(H,43,50)(H,45,51)(H,47,53)/b13-11-/t27?,28-,30+,32+,42-/m1/s1. The van der Waals surface area contributed by atoms with Gasteiger partial charge in [0.15, 0.2) is 0 Å². The molecule has 17 heteroatoms. The minimum absolute atomic E-state index is 0.0272. The van der Waals surface area contributed by atoms with E-state index in [0.29, 0.717) is 60.4 Å². The number of aryl methyl sites for hydroxylation is 3. The Bertz CT molecular complexity index is 2280. The molecule has 16 nitrogen and oxygen atoms in total. The molecule has 2 aliphatic carbocycles. The predicted molar refractivity (Wildman–Crippen MR) is 218 cm³/mol. The molecule has 0 bridgehead atoms. The molecule has 2 aliphatic heterocycles. The van der Waals surface area contributed by atoms with E-state index in [-0.39, 0.29) is 31.2 Å². The highest BCUT2D eigenvalue weighted by atomic mass is 32.2.